The summed E-state index contributed by atoms with van der Waals surface area (Å²) in [5, 5.41) is 10.6. The van der Waals surface area contributed by atoms with Gasteiger partial charge in [0, 0.05) is 17.4 Å². The predicted octanol–water partition coefficient (Wildman–Crippen LogP) is 1.83. The summed E-state index contributed by atoms with van der Waals surface area (Å²) < 4.78 is 9.96. The topological polar surface area (TPSA) is 68.1 Å². The Kier molecular flexibility index (Phi) is 4.31. The zero-order valence-electron chi connectivity index (χ0n) is 10.8. The van der Waals surface area contributed by atoms with Crippen molar-refractivity contribution in [2.24, 2.45) is 4.99 Å². The van der Waals surface area contributed by atoms with E-state index < -0.39 is 6.04 Å². The van der Waals surface area contributed by atoms with E-state index in [1.807, 2.05) is 0 Å². The fourth-order valence-corrected chi connectivity index (χ4v) is 2.76. The first-order chi connectivity index (χ1) is 9.15. The van der Waals surface area contributed by atoms with E-state index in [2.05, 4.69) is 4.99 Å². The number of methoxy groups -OCH3 is 1. The highest BCUT2D eigenvalue weighted by Gasteiger charge is 2.27. The zero-order chi connectivity index (χ0) is 13.8. The Morgan fingerprint density at radius 3 is 3.00 bits per heavy atom. The molecule has 6 heteroatoms. The van der Waals surface area contributed by atoms with Crippen LogP contribution < -0.4 is 4.74 Å². The summed E-state index contributed by atoms with van der Waals surface area (Å²) in [6.07, 6.45) is 0. The summed E-state index contributed by atoms with van der Waals surface area (Å²) in [4.78, 5) is 15.9. The van der Waals surface area contributed by atoms with Crippen molar-refractivity contribution >= 4 is 22.8 Å². The second kappa shape index (κ2) is 5.97. The van der Waals surface area contributed by atoms with Gasteiger partial charge in [0.25, 0.3) is 0 Å². The number of ether oxygens (including phenoxy) is 2. The molecule has 0 saturated heterocycles. The molecule has 19 heavy (non-hydrogen) atoms. The van der Waals surface area contributed by atoms with E-state index in [4.69, 9.17) is 9.47 Å². The second-order valence-electron chi connectivity index (χ2n) is 3.90. The Morgan fingerprint density at radius 2 is 2.37 bits per heavy atom. The Balaban J connectivity index is 2.19. The summed E-state index contributed by atoms with van der Waals surface area (Å²) >= 11 is 1.43. The molecule has 0 unspecified atom stereocenters. The van der Waals surface area contributed by atoms with E-state index in [-0.39, 0.29) is 11.7 Å². The van der Waals surface area contributed by atoms with Crippen LogP contribution in [0.1, 0.15) is 12.5 Å². The average Bonchev–Trinajstić information content (AvgIpc) is 2.88. The molecule has 0 fully saturated rings. The number of aromatic hydroxyl groups is 1. The number of carbonyl (C=O) groups excluding carboxylic acids is 1. The Bertz CT molecular complexity index is 515. The molecule has 1 aromatic rings. The third-order valence-corrected chi connectivity index (χ3v) is 3.73. The molecule has 0 amide bonds. The van der Waals surface area contributed by atoms with Gasteiger partial charge in [-0.25, -0.2) is 4.79 Å². The normalized spacial score (nSPS) is 18.0. The Morgan fingerprint density at radius 1 is 1.58 bits per heavy atom. The number of rotatable bonds is 4. The molecule has 1 aromatic carbocycles. The maximum atomic E-state index is 11.6. The van der Waals surface area contributed by atoms with Crippen LogP contribution in [-0.4, -0.2) is 41.6 Å². The van der Waals surface area contributed by atoms with Gasteiger partial charge in [0.2, 0.25) is 0 Å². The first-order valence-corrected chi connectivity index (χ1v) is 6.89. The Labute approximate surface area is 115 Å². The molecule has 0 bridgehead atoms. The van der Waals surface area contributed by atoms with Crippen LogP contribution in [0.25, 0.3) is 0 Å². The third kappa shape index (κ3) is 3.01. The first kappa shape index (κ1) is 13.7. The van der Waals surface area contributed by atoms with Crippen molar-refractivity contribution in [2.45, 2.75) is 13.0 Å². The van der Waals surface area contributed by atoms with Gasteiger partial charge >= 0.3 is 5.97 Å². The molecule has 1 aliphatic rings. The number of hydrogen-bond acceptors (Lipinski definition) is 6. The number of phenols is 1. The monoisotopic (exact) mass is 281 g/mol. The zero-order valence-corrected chi connectivity index (χ0v) is 11.6. The van der Waals surface area contributed by atoms with Crippen molar-refractivity contribution in [3.63, 3.8) is 0 Å². The molecule has 0 saturated carbocycles. The molecule has 1 heterocycles. The van der Waals surface area contributed by atoms with Gasteiger partial charge in [-0.2, -0.15) is 0 Å². The van der Waals surface area contributed by atoms with Crippen molar-refractivity contribution < 1.29 is 19.4 Å². The van der Waals surface area contributed by atoms with Gasteiger partial charge in [-0.05, 0) is 19.1 Å². The van der Waals surface area contributed by atoms with Gasteiger partial charge in [0.15, 0.2) is 6.04 Å². The fraction of sp³-hybridized carbons (Fsp3) is 0.385. The summed E-state index contributed by atoms with van der Waals surface area (Å²) in [6, 6.07) is 4.51. The molecule has 1 N–H and O–H groups in total. The first-order valence-electron chi connectivity index (χ1n) is 5.90. The lowest BCUT2D eigenvalue weighted by atomic mass is 10.2. The minimum absolute atomic E-state index is 0.0927. The highest BCUT2D eigenvalue weighted by atomic mass is 32.2. The van der Waals surface area contributed by atoms with Crippen LogP contribution >= 0.6 is 11.8 Å². The van der Waals surface area contributed by atoms with Crippen molar-refractivity contribution in [2.75, 3.05) is 19.5 Å². The largest absolute Gasteiger partial charge is 0.507 e. The van der Waals surface area contributed by atoms with Crippen LogP contribution in [0.5, 0.6) is 11.5 Å². The Hall–Kier alpha value is -1.69. The van der Waals surface area contributed by atoms with Gasteiger partial charge in [0.1, 0.15) is 16.5 Å². The average molecular weight is 281 g/mol. The highest BCUT2D eigenvalue weighted by Crippen LogP contribution is 2.31. The van der Waals surface area contributed by atoms with Crippen molar-refractivity contribution in [1.29, 1.82) is 0 Å². The van der Waals surface area contributed by atoms with Crippen LogP contribution in [0.15, 0.2) is 23.2 Å². The second-order valence-corrected chi connectivity index (χ2v) is 4.90. The number of hydrogen-bond donors (Lipinski definition) is 1. The van der Waals surface area contributed by atoms with E-state index >= 15 is 0 Å². The van der Waals surface area contributed by atoms with Crippen molar-refractivity contribution in [1.82, 2.24) is 0 Å². The van der Waals surface area contributed by atoms with Gasteiger partial charge < -0.3 is 14.6 Å². The summed E-state index contributed by atoms with van der Waals surface area (Å²) in [5.41, 5.74) is 0.609. The van der Waals surface area contributed by atoms with E-state index in [1.54, 1.807) is 19.1 Å². The summed E-state index contributed by atoms with van der Waals surface area (Å²) in [7, 11) is 1.53. The van der Waals surface area contributed by atoms with Crippen molar-refractivity contribution in [3.05, 3.63) is 23.8 Å². The van der Waals surface area contributed by atoms with Crippen LogP contribution in [0, 0.1) is 0 Å². The highest BCUT2D eigenvalue weighted by molar-refractivity contribution is 8.14. The minimum atomic E-state index is -0.485. The van der Waals surface area contributed by atoms with E-state index in [9.17, 15) is 9.90 Å². The van der Waals surface area contributed by atoms with E-state index in [0.717, 1.165) is 0 Å². The number of esters is 1. The SMILES string of the molecule is CCOC(=O)[C@H]1CSC(c2ccc(OC)cc2O)=N1. The van der Waals surface area contributed by atoms with E-state index in [0.29, 0.717) is 28.7 Å². The van der Waals surface area contributed by atoms with Gasteiger partial charge in [-0.1, -0.05) is 0 Å². The third-order valence-electron chi connectivity index (χ3n) is 2.64. The molecule has 5 nitrogen and oxygen atoms in total. The van der Waals surface area contributed by atoms with Crippen LogP contribution in [0.4, 0.5) is 0 Å². The lowest BCUT2D eigenvalue weighted by Gasteiger charge is -2.06. The number of thioether (sulfide) groups is 1. The molecule has 0 spiro atoms. The van der Waals surface area contributed by atoms with Crippen LogP contribution in [-0.2, 0) is 9.53 Å². The van der Waals surface area contributed by atoms with Crippen molar-refractivity contribution in [3.8, 4) is 11.5 Å². The lowest BCUT2D eigenvalue weighted by molar-refractivity contribution is -0.143. The molecular weight excluding hydrogens is 266 g/mol. The number of nitrogens with zero attached hydrogens (tertiary/aromatic N) is 1. The standard InChI is InChI=1S/C13H15NO4S/c1-3-18-13(16)10-7-19-12(14-10)9-5-4-8(17-2)6-11(9)15/h4-6,10,15H,3,7H2,1-2H3/t10-/m1/s1. The summed E-state index contributed by atoms with van der Waals surface area (Å²) in [6.45, 7) is 2.11. The number of benzene rings is 1. The number of carbonyl (C=O) groups is 1. The summed E-state index contributed by atoms with van der Waals surface area (Å²) in [5.74, 6) is 0.888. The number of aliphatic imine (C=N–C) groups is 1. The predicted molar refractivity (Wildman–Crippen MR) is 74.1 cm³/mol. The quantitative estimate of drug-likeness (QED) is 0.853. The molecule has 1 aliphatic heterocycles. The molecule has 1 atom stereocenters. The molecule has 2 rings (SSSR count). The maximum absolute atomic E-state index is 11.6. The fourth-order valence-electron chi connectivity index (χ4n) is 1.70. The van der Waals surface area contributed by atoms with Gasteiger partial charge in [0.05, 0.1) is 13.7 Å². The van der Waals surface area contributed by atoms with Gasteiger partial charge in [-0.3, -0.25) is 4.99 Å². The molecular formula is C13H15NO4S. The minimum Gasteiger partial charge on any atom is -0.507 e. The number of phenolic OH excluding ortho intramolecular Hbond substituents is 1. The molecule has 102 valence electrons. The lowest BCUT2D eigenvalue weighted by Crippen LogP contribution is -2.21. The maximum Gasteiger partial charge on any atom is 0.331 e. The van der Waals surface area contributed by atoms with Gasteiger partial charge in [-0.15, -0.1) is 11.8 Å². The van der Waals surface area contributed by atoms with E-state index in [1.165, 1.54) is 24.9 Å². The van der Waals surface area contributed by atoms with Crippen LogP contribution in [0.3, 0.4) is 0 Å². The smallest absolute Gasteiger partial charge is 0.331 e. The molecule has 0 radical (unpaired) electrons. The van der Waals surface area contributed by atoms with Crippen LogP contribution in [0.2, 0.25) is 0 Å². The molecule has 0 aromatic heterocycles. The molecule has 0 aliphatic carbocycles.